The third kappa shape index (κ3) is 4.33. The summed E-state index contributed by atoms with van der Waals surface area (Å²) in [5.41, 5.74) is 1.79. The highest BCUT2D eigenvalue weighted by molar-refractivity contribution is 9.10. The first-order valence-electron chi connectivity index (χ1n) is 8.75. The molecule has 0 saturated heterocycles. The van der Waals surface area contributed by atoms with E-state index in [1.54, 1.807) is 48.5 Å². The molecule has 29 heavy (non-hydrogen) atoms. The molecule has 5 nitrogen and oxygen atoms in total. The molecule has 6 heteroatoms. The van der Waals surface area contributed by atoms with Gasteiger partial charge in [0.1, 0.15) is 5.75 Å². The van der Waals surface area contributed by atoms with E-state index < -0.39 is 11.9 Å². The van der Waals surface area contributed by atoms with E-state index in [4.69, 9.17) is 9.47 Å². The number of halogens is 1. The zero-order valence-corrected chi connectivity index (χ0v) is 16.6. The molecule has 1 heterocycles. The van der Waals surface area contributed by atoms with Gasteiger partial charge in [-0.1, -0.05) is 58.4 Å². The number of hydrogen-bond acceptors (Lipinski definition) is 5. The Hall–Kier alpha value is -3.51. The molecule has 0 saturated carbocycles. The van der Waals surface area contributed by atoms with Gasteiger partial charge in [0.2, 0.25) is 5.90 Å². The number of aliphatic imine (C=N–C) groups is 1. The Labute approximate surface area is 175 Å². The van der Waals surface area contributed by atoms with Gasteiger partial charge in [0, 0.05) is 15.6 Å². The standard InChI is InChI=1S/C23H14BrNO4/c24-18-11-6-10-17(13-18)22(26)28-20-12-5-4-9-16(20)14-19-23(27)29-21(25-19)15-7-2-1-3-8-15/h1-14H/b19-14-. The predicted molar refractivity (Wildman–Crippen MR) is 113 cm³/mol. The van der Waals surface area contributed by atoms with E-state index in [1.165, 1.54) is 0 Å². The van der Waals surface area contributed by atoms with Gasteiger partial charge in [-0.3, -0.25) is 0 Å². The van der Waals surface area contributed by atoms with Crippen molar-refractivity contribution in [3.8, 4) is 5.75 Å². The van der Waals surface area contributed by atoms with Crippen LogP contribution in [-0.4, -0.2) is 17.8 Å². The van der Waals surface area contributed by atoms with Gasteiger partial charge in [-0.25, -0.2) is 14.6 Å². The van der Waals surface area contributed by atoms with Gasteiger partial charge in [0.25, 0.3) is 0 Å². The molecular weight excluding hydrogens is 434 g/mol. The molecule has 142 valence electrons. The van der Waals surface area contributed by atoms with Crippen LogP contribution >= 0.6 is 15.9 Å². The molecule has 0 bridgehead atoms. The highest BCUT2D eigenvalue weighted by Crippen LogP contribution is 2.25. The summed E-state index contributed by atoms with van der Waals surface area (Å²) in [5.74, 6) is -0.497. The third-order valence-corrected chi connectivity index (χ3v) is 4.61. The summed E-state index contributed by atoms with van der Waals surface area (Å²) in [5, 5.41) is 0. The van der Waals surface area contributed by atoms with Crippen molar-refractivity contribution in [1.29, 1.82) is 0 Å². The number of esters is 2. The molecule has 0 radical (unpaired) electrons. The molecule has 0 unspecified atom stereocenters. The van der Waals surface area contributed by atoms with Crippen molar-refractivity contribution in [2.45, 2.75) is 0 Å². The average molecular weight is 448 g/mol. The number of nitrogens with zero attached hydrogens (tertiary/aromatic N) is 1. The normalized spacial score (nSPS) is 14.4. The van der Waals surface area contributed by atoms with Gasteiger partial charge < -0.3 is 9.47 Å². The summed E-state index contributed by atoms with van der Waals surface area (Å²) in [6, 6.07) is 23.0. The molecule has 0 fully saturated rings. The van der Waals surface area contributed by atoms with E-state index in [0.29, 0.717) is 22.4 Å². The first kappa shape index (κ1) is 18.8. The second kappa shape index (κ2) is 8.24. The summed E-state index contributed by atoms with van der Waals surface area (Å²) in [6.45, 7) is 0. The molecular formula is C23H14BrNO4. The average Bonchev–Trinajstić information content (AvgIpc) is 3.10. The van der Waals surface area contributed by atoms with E-state index in [9.17, 15) is 9.59 Å². The van der Waals surface area contributed by atoms with Crippen LogP contribution in [0.5, 0.6) is 5.75 Å². The third-order valence-electron chi connectivity index (χ3n) is 4.12. The number of hydrogen-bond donors (Lipinski definition) is 0. The maximum atomic E-state index is 12.5. The van der Waals surface area contributed by atoms with Crippen LogP contribution in [0.25, 0.3) is 6.08 Å². The van der Waals surface area contributed by atoms with Gasteiger partial charge >= 0.3 is 11.9 Å². The zero-order chi connectivity index (χ0) is 20.2. The SMILES string of the molecule is O=C1OC(c2ccccc2)=N/C1=C\c1ccccc1OC(=O)c1cccc(Br)c1. The van der Waals surface area contributed by atoms with E-state index in [0.717, 1.165) is 4.47 Å². The first-order valence-corrected chi connectivity index (χ1v) is 9.54. The minimum Gasteiger partial charge on any atom is -0.422 e. The second-order valence-corrected chi connectivity index (χ2v) is 7.06. The van der Waals surface area contributed by atoms with Gasteiger partial charge in [-0.05, 0) is 42.5 Å². The van der Waals surface area contributed by atoms with Crippen LogP contribution in [0, 0.1) is 0 Å². The lowest BCUT2D eigenvalue weighted by atomic mass is 10.1. The Kier molecular flexibility index (Phi) is 5.35. The quantitative estimate of drug-likeness (QED) is 0.320. The highest BCUT2D eigenvalue weighted by atomic mass is 79.9. The van der Waals surface area contributed by atoms with Crippen molar-refractivity contribution in [3.05, 3.63) is 106 Å². The van der Waals surface area contributed by atoms with Crippen LogP contribution in [0.1, 0.15) is 21.5 Å². The molecule has 4 rings (SSSR count). The van der Waals surface area contributed by atoms with Crippen molar-refractivity contribution < 1.29 is 19.1 Å². The Balaban J connectivity index is 1.62. The Morgan fingerprint density at radius 2 is 1.72 bits per heavy atom. The van der Waals surface area contributed by atoms with E-state index in [-0.39, 0.29) is 11.6 Å². The molecule has 0 atom stereocenters. The molecule has 0 aromatic heterocycles. The van der Waals surface area contributed by atoms with E-state index in [1.807, 2.05) is 36.4 Å². The van der Waals surface area contributed by atoms with Crippen LogP contribution in [-0.2, 0) is 9.53 Å². The van der Waals surface area contributed by atoms with Crippen LogP contribution in [0.15, 0.2) is 94.0 Å². The monoisotopic (exact) mass is 447 g/mol. The number of carbonyl (C=O) groups is 2. The van der Waals surface area contributed by atoms with Crippen molar-refractivity contribution in [1.82, 2.24) is 0 Å². The molecule has 0 spiro atoms. The lowest BCUT2D eigenvalue weighted by molar-refractivity contribution is -0.129. The van der Waals surface area contributed by atoms with Gasteiger partial charge in [-0.2, -0.15) is 0 Å². The minimum atomic E-state index is -0.558. The molecule has 0 aliphatic carbocycles. The Morgan fingerprint density at radius 1 is 0.966 bits per heavy atom. The molecule has 1 aliphatic rings. The van der Waals surface area contributed by atoms with Crippen LogP contribution in [0.2, 0.25) is 0 Å². The number of benzene rings is 3. The van der Waals surface area contributed by atoms with Crippen molar-refractivity contribution >= 4 is 39.8 Å². The smallest absolute Gasteiger partial charge is 0.363 e. The van der Waals surface area contributed by atoms with E-state index in [2.05, 4.69) is 20.9 Å². The largest absolute Gasteiger partial charge is 0.422 e. The number of para-hydroxylation sites is 1. The molecule has 0 amide bonds. The Morgan fingerprint density at radius 3 is 2.52 bits per heavy atom. The molecule has 0 N–H and O–H groups in total. The summed E-state index contributed by atoms with van der Waals surface area (Å²) in [7, 11) is 0. The first-order chi connectivity index (χ1) is 14.1. The number of ether oxygens (including phenoxy) is 2. The number of carbonyl (C=O) groups excluding carboxylic acids is 2. The van der Waals surface area contributed by atoms with Crippen LogP contribution < -0.4 is 4.74 Å². The van der Waals surface area contributed by atoms with Crippen LogP contribution in [0.3, 0.4) is 0 Å². The lowest BCUT2D eigenvalue weighted by Crippen LogP contribution is -2.09. The fraction of sp³-hybridized carbons (Fsp3) is 0. The summed E-state index contributed by atoms with van der Waals surface area (Å²) < 4.78 is 11.6. The van der Waals surface area contributed by atoms with Crippen molar-refractivity contribution in [2.75, 3.05) is 0 Å². The minimum absolute atomic E-state index is 0.134. The van der Waals surface area contributed by atoms with Gasteiger partial charge in [0.15, 0.2) is 5.70 Å². The summed E-state index contributed by atoms with van der Waals surface area (Å²) in [4.78, 5) is 29.0. The van der Waals surface area contributed by atoms with E-state index >= 15 is 0 Å². The van der Waals surface area contributed by atoms with Gasteiger partial charge in [0.05, 0.1) is 5.56 Å². The number of rotatable bonds is 4. The van der Waals surface area contributed by atoms with Crippen molar-refractivity contribution in [3.63, 3.8) is 0 Å². The maximum Gasteiger partial charge on any atom is 0.363 e. The lowest BCUT2D eigenvalue weighted by Gasteiger charge is -2.08. The molecule has 3 aromatic rings. The predicted octanol–water partition coefficient (Wildman–Crippen LogP) is 5.01. The second-order valence-electron chi connectivity index (χ2n) is 6.14. The highest BCUT2D eigenvalue weighted by Gasteiger charge is 2.24. The topological polar surface area (TPSA) is 65.0 Å². The molecule has 1 aliphatic heterocycles. The maximum absolute atomic E-state index is 12.5. The number of cyclic esters (lactones) is 1. The summed E-state index contributed by atoms with van der Waals surface area (Å²) in [6.07, 6.45) is 1.54. The fourth-order valence-corrected chi connectivity index (χ4v) is 3.13. The zero-order valence-electron chi connectivity index (χ0n) is 15.0. The Bertz CT molecular complexity index is 1150. The van der Waals surface area contributed by atoms with Crippen LogP contribution in [0.4, 0.5) is 0 Å². The summed E-state index contributed by atoms with van der Waals surface area (Å²) >= 11 is 3.34. The molecule has 3 aromatic carbocycles. The fourth-order valence-electron chi connectivity index (χ4n) is 2.73. The van der Waals surface area contributed by atoms with Crippen molar-refractivity contribution in [2.24, 2.45) is 4.99 Å². The van der Waals surface area contributed by atoms with Gasteiger partial charge in [-0.15, -0.1) is 0 Å².